The predicted molar refractivity (Wildman–Crippen MR) is 45.0 cm³/mol. The van der Waals surface area contributed by atoms with Crippen molar-refractivity contribution < 1.29 is 22.7 Å². The molecule has 0 radical (unpaired) electrons. The standard InChI is InChI=1S/C7H12F3N3O2/c8-7(9,10)5-11-6(14)12-13-1-3-15-4-2-13/h1-5H2,(H2,11,12,14). The summed E-state index contributed by atoms with van der Waals surface area (Å²) in [6.07, 6.45) is -4.39. The highest BCUT2D eigenvalue weighted by molar-refractivity contribution is 5.73. The summed E-state index contributed by atoms with van der Waals surface area (Å²) in [6.45, 7) is 0.529. The van der Waals surface area contributed by atoms with E-state index in [-0.39, 0.29) is 0 Å². The lowest BCUT2D eigenvalue weighted by Crippen LogP contribution is -2.52. The molecule has 0 bridgehead atoms. The average molecular weight is 227 g/mol. The molecule has 0 spiro atoms. The molecule has 2 amide bonds. The van der Waals surface area contributed by atoms with E-state index in [1.807, 2.05) is 0 Å². The number of urea groups is 1. The van der Waals surface area contributed by atoms with Gasteiger partial charge in [0, 0.05) is 13.1 Å². The van der Waals surface area contributed by atoms with E-state index in [1.165, 1.54) is 5.01 Å². The Bertz CT molecular complexity index is 216. The van der Waals surface area contributed by atoms with Crippen molar-refractivity contribution in [3.63, 3.8) is 0 Å². The number of halogens is 3. The third-order valence-corrected chi connectivity index (χ3v) is 1.72. The van der Waals surface area contributed by atoms with Crippen molar-refractivity contribution in [3.05, 3.63) is 0 Å². The molecule has 0 atom stereocenters. The Labute approximate surface area is 84.5 Å². The second-order valence-electron chi connectivity index (χ2n) is 3.01. The fourth-order valence-corrected chi connectivity index (χ4v) is 1.04. The highest BCUT2D eigenvalue weighted by atomic mass is 19.4. The van der Waals surface area contributed by atoms with Crippen molar-refractivity contribution in [1.29, 1.82) is 0 Å². The molecule has 15 heavy (non-hydrogen) atoms. The number of morpholine rings is 1. The molecule has 1 aliphatic heterocycles. The first kappa shape index (κ1) is 12.1. The van der Waals surface area contributed by atoms with Crippen LogP contribution in [0.4, 0.5) is 18.0 Å². The molecule has 5 nitrogen and oxygen atoms in total. The first-order chi connectivity index (χ1) is 6.97. The number of nitrogens with one attached hydrogen (secondary N) is 2. The fourth-order valence-electron chi connectivity index (χ4n) is 1.04. The van der Waals surface area contributed by atoms with Gasteiger partial charge in [0.15, 0.2) is 0 Å². The summed E-state index contributed by atoms with van der Waals surface area (Å²) in [6, 6.07) is -0.853. The molecule has 0 aromatic heterocycles. The number of rotatable bonds is 2. The van der Waals surface area contributed by atoms with Gasteiger partial charge in [0.25, 0.3) is 0 Å². The zero-order valence-corrected chi connectivity index (χ0v) is 7.93. The Morgan fingerprint density at radius 3 is 2.47 bits per heavy atom. The van der Waals surface area contributed by atoms with Crippen molar-refractivity contribution in [2.45, 2.75) is 6.18 Å². The summed E-state index contributed by atoms with van der Waals surface area (Å²) in [5.41, 5.74) is 2.29. The van der Waals surface area contributed by atoms with Gasteiger partial charge < -0.3 is 10.1 Å². The highest BCUT2D eigenvalue weighted by Gasteiger charge is 2.28. The van der Waals surface area contributed by atoms with Gasteiger partial charge in [0.2, 0.25) is 0 Å². The first-order valence-electron chi connectivity index (χ1n) is 4.41. The molecule has 0 unspecified atom stereocenters. The van der Waals surface area contributed by atoms with Crippen molar-refractivity contribution in [3.8, 4) is 0 Å². The molecule has 1 saturated heterocycles. The number of carbonyl (C=O) groups excluding carboxylic acids is 1. The van der Waals surface area contributed by atoms with E-state index in [9.17, 15) is 18.0 Å². The average Bonchev–Trinajstić information content (AvgIpc) is 2.15. The van der Waals surface area contributed by atoms with Gasteiger partial charge in [-0.1, -0.05) is 0 Å². The smallest absolute Gasteiger partial charge is 0.379 e. The van der Waals surface area contributed by atoms with Crippen molar-refractivity contribution in [2.24, 2.45) is 0 Å². The lowest BCUT2D eigenvalue weighted by molar-refractivity contribution is -0.123. The van der Waals surface area contributed by atoms with Crippen LogP contribution in [0.15, 0.2) is 0 Å². The molecule has 0 saturated carbocycles. The van der Waals surface area contributed by atoms with Gasteiger partial charge in [0.1, 0.15) is 6.54 Å². The molecule has 2 N–H and O–H groups in total. The van der Waals surface area contributed by atoms with Crippen LogP contribution in [-0.2, 0) is 4.74 Å². The van der Waals surface area contributed by atoms with Crippen LogP contribution in [0.25, 0.3) is 0 Å². The molecule has 0 aliphatic carbocycles. The number of nitrogens with zero attached hydrogens (tertiary/aromatic N) is 1. The minimum absolute atomic E-state index is 0.458. The van der Waals surface area contributed by atoms with Crippen molar-refractivity contribution >= 4 is 6.03 Å². The molecule has 1 heterocycles. The molecule has 88 valence electrons. The monoisotopic (exact) mass is 227 g/mol. The fraction of sp³-hybridized carbons (Fsp3) is 0.857. The lowest BCUT2D eigenvalue weighted by atomic mass is 10.5. The predicted octanol–water partition coefficient (Wildman–Crippen LogP) is 0.0951. The van der Waals surface area contributed by atoms with Crippen molar-refractivity contribution in [1.82, 2.24) is 15.8 Å². The maximum atomic E-state index is 11.7. The maximum Gasteiger partial charge on any atom is 0.405 e. The van der Waals surface area contributed by atoms with Crippen molar-refractivity contribution in [2.75, 3.05) is 32.8 Å². The minimum atomic E-state index is -4.39. The number of amides is 2. The molecule has 1 aliphatic rings. The van der Waals surface area contributed by atoms with E-state index < -0.39 is 18.8 Å². The second kappa shape index (κ2) is 5.17. The van der Waals surface area contributed by atoms with E-state index in [1.54, 1.807) is 5.32 Å². The Kier molecular flexibility index (Phi) is 4.15. The number of hydrazine groups is 1. The molecular formula is C7H12F3N3O2. The van der Waals surface area contributed by atoms with Crippen LogP contribution in [0.2, 0.25) is 0 Å². The zero-order valence-electron chi connectivity index (χ0n) is 7.93. The number of carbonyl (C=O) groups is 1. The topological polar surface area (TPSA) is 53.6 Å². The van der Waals surface area contributed by atoms with Crippen LogP contribution in [0.5, 0.6) is 0 Å². The summed E-state index contributed by atoms with van der Waals surface area (Å²) in [5, 5.41) is 3.22. The normalized spacial score (nSPS) is 18.6. The van der Waals surface area contributed by atoms with Gasteiger partial charge in [-0.3, -0.25) is 5.43 Å². The Morgan fingerprint density at radius 2 is 1.93 bits per heavy atom. The van der Waals surface area contributed by atoms with Gasteiger partial charge >= 0.3 is 12.2 Å². The molecule has 0 aromatic carbocycles. The highest BCUT2D eigenvalue weighted by Crippen LogP contribution is 2.11. The largest absolute Gasteiger partial charge is 0.405 e. The number of ether oxygens (including phenoxy) is 1. The molecular weight excluding hydrogens is 215 g/mol. The zero-order chi connectivity index (χ0) is 11.3. The van der Waals surface area contributed by atoms with Gasteiger partial charge in [-0.15, -0.1) is 0 Å². The van der Waals surface area contributed by atoms with Crippen LogP contribution in [-0.4, -0.2) is 50.1 Å². The van der Waals surface area contributed by atoms with Gasteiger partial charge in [-0.2, -0.15) is 13.2 Å². The van der Waals surface area contributed by atoms with Crippen LogP contribution in [0, 0.1) is 0 Å². The van der Waals surface area contributed by atoms with E-state index in [0.717, 1.165) is 0 Å². The summed E-state index contributed by atoms with van der Waals surface area (Å²) in [7, 11) is 0. The quantitative estimate of drug-likeness (QED) is 0.703. The van der Waals surface area contributed by atoms with Gasteiger partial charge in [0.05, 0.1) is 13.2 Å². The van der Waals surface area contributed by atoms with E-state index in [0.29, 0.717) is 26.3 Å². The summed E-state index contributed by atoms with van der Waals surface area (Å²) >= 11 is 0. The summed E-state index contributed by atoms with van der Waals surface area (Å²) < 4.78 is 40.2. The molecule has 0 aromatic rings. The van der Waals surface area contributed by atoms with Crippen LogP contribution < -0.4 is 10.7 Å². The van der Waals surface area contributed by atoms with E-state index in [4.69, 9.17) is 4.74 Å². The van der Waals surface area contributed by atoms with Gasteiger partial charge in [-0.25, -0.2) is 9.80 Å². The van der Waals surface area contributed by atoms with Crippen LogP contribution in [0.3, 0.4) is 0 Å². The molecule has 1 rings (SSSR count). The molecule has 1 fully saturated rings. The SMILES string of the molecule is O=C(NCC(F)(F)F)NN1CCOCC1. The molecule has 8 heteroatoms. The Balaban J connectivity index is 2.17. The third kappa shape index (κ3) is 5.43. The first-order valence-corrected chi connectivity index (χ1v) is 4.41. The van der Waals surface area contributed by atoms with E-state index >= 15 is 0 Å². The Morgan fingerprint density at radius 1 is 1.33 bits per heavy atom. The second-order valence-corrected chi connectivity index (χ2v) is 3.01. The Hall–Kier alpha value is -1.02. The van der Waals surface area contributed by atoms with Gasteiger partial charge in [-0.05, 0) is 0 Å². The summed E-state index contributed by atoms with van der Waals surface area (Å²) in [4.78, 5) is 11.0. The lowest BCUT2D eigenvalue weighted by Gasteiger charge is -2.26. The third-order valence-electron chi connectivity index (χ3n) is 1.72. The maximum absolute atomic E-state index is 11.7. The number of alkyl halides is 3. The van der Waals surface area contributed by atoms with Crippen LogP contribution in [0.1, 0.15) is 0 Å². The summed E-state index contributed by atoms with van der Waals surface area (Å²) in [5.74, 6) is 0. The minimum Gasteiger partial charge on any atom is -0.379 e. The van der Waals surface area contributed by atoms with Crippen LogP contribution >= 0.6 is 0 Å². The van der Waals surface area contributed by atoms with E-state index in [2.05, 4.69) is 5.43 Å². The number of hydrogen-bond acceptors (Lipinski definition) is 3. The number of hydrogen-bond donors (Lipinski definition) is 2.